The zero-order valence-electron chi connectivity index (χ0n) is 23.8. The predicted octanol–water partition coefficient (Wildman–Crippen LogP) is 0.979. The van der Waals surface area contributed by atoms with E-state index in [1.165, 1.54) is 37.6 Å². The van der Waals surface area contributed by atoms with Crippen LogP contribution in [0.1, 0.15) is 27.5 Å². The molecule has 0 aliphatic rings. The van der Waals surface area contributed by atoms with Crippen molar-refractivity contribution in [3.63, 3.8) is 0 Å². The number of carboxylic acids is 2. The van der Waals surface area contributed by atoms with E-state index in [0.29, 0.717) is 16.9 Å². The number of nitrogens with zero attached hydrogens (tertiary/aromatic N) is 4. The summed E-state index contributed by atoms with van der Waals surface area (Å²) in [6.07, 6.45) is 2.60. The topological polar surface area (TPSA) is 254 Å². The first kappa shape index (κ1) is 32.7. The number of benzene rings is 2. The van der Waals surface area contributed by atoms with Gasteiger partial charge in [0.1, 0.15) is 35.5 Å². The zero-order chi connectivity index (χ0) is 32.7. The quantitative estimate of drug-likeness (QED) is 0.112. The van der Waals surface area contributed by atoms with Crippen molar-refractivity contribution in [1.29, 1.82) is 0 Å². The lowest BCUT2D eigenvalue weighted by Gasteiger charge is -2.29. The van der Waals surface area contributed by atoms with Gasteiger partial charge >= 0.3 is 11.9 Å². The van der Waals surface area contributed by atoms with Crippen molar-refractivity contribution in [3.8, 4) is 23.1 Å². The van der Waals surface area contributed by atoms with Crippen molar-refractivity contribution >= 4 is 30.3 Å². The second-order valence-corrected chi connectivity index (χ2v) is 12.9. The van der Waals surface area contributed by atoms with Crippen LogP contribution in [0.25, 0.3) is 11.5 Å². The first-order valence-electron chi connectivity index (χ1n) is 13.4. The number of carbonyl (C=O) groups is 3. The Balaban J connectivity index is 1.74. The Morgan fingerprint density at radius 3 is 1.98 bits per heavy atom. The number of nitrogens with two attached hydrogens (primary N) is 2. The van der Waals surface area contributed by atoms with Crippen molar-refractivity contribution in [3.05, 3.63) is 89.7 Å². The van der Waals surface area contributed by atoms with Gasteiger partial charge < -0.3 is 41.4 Å². The molecule has 15 nitrogen and oxygen atoms in total. The molecule has 2 aromatic heterocycles. The lowest BCUT2D eigenvalue weighted by atomic mass is 9.98. The molecular formula is C29H30N7O8P. The van der Waals surface area contributed by atoms with Gasteiger partial charge in [-0.1, -0.05) is 36.4 Å². The number of aliphatic carboxylic acids is 2. The zero-order valence-corrected chi connectivity index (χ0v) is 24.7. The van der Waals surface area contributed by atoms with Crippen LogP contribution >= 0.6 is 7.14 Å². The van der Waals surface area contributed by atoms with E-state index in [1.807, 2.05) is 0 Å². The van der Waals surface area contributed by atoms with Gasteiger partial charge in [0.05, 0.1) is 13.2 Å². The van der Waals surface area contributed by atoms with Crippen LogP contribution in [0, 0.1) is 0 Å². The molecule has 3 atom stereocenters. The van der Waals surface area contributed by atoms with Gasteiger partial charge in [-0.3, -0.25) is 14.4 Å². The van der Waals surface area contributed by atoms with E-state index in [-0.39, 0.29) is 22.4 Å². The number of aromatic nitrogens is 4. The second kappa shape index (κ2) is 14.0. The van der Waals surface area contributed by atoms with E-state index in [9.17, 15) is 34.3 Å². The molecule has 4 aromatic rings. The van der Waals surface area contributed by atoms with Gasteiger partial charge in [-0.15, -0.1) is 5.10 Å². The van der Waals surface area contributed by atoms with Gasteiger partial charge in [0.15, 0.2) is 5.82 Å². The maximum atomic E-state index is 14.3. The molecule has 0 bridgehead atoms. The SMILES string of the molecule is COc1ccc(C(NC(=O)c2cnc(-c3cccnn3)nc2O)c2ccc(P(=O)(C(CN)C(=O)O)C(CN)C(=O)O)cc2)cc1. The van der Waals surface area contributed by atoms with Gasteiger partial charge in [0.2, 0.25) is 5.88 Å². The van der Waals surface area contributed by atoms with E-state index in [0.717, 1.165) is 6.20 Å². The number of hydrogen-bond acceptors (Lipinski definition) is 12. The number of nitrogens with one attached hydrogen (secondary N) is 1. The summed E-state index contributed by atoms with van der Waals surface area (Å²) < 4.78 is 19.5. The van der Waals surface area contributed by atoms with Crippen molar-refractivity contribution < 1.29 is 39.0 Å². The molecule has 234 valence electrons. The fourth-order valence-electron chi connectivity index (χ4n) is 4.76. The number of ether oxygens (including phenoxy) is 1. The molecular weight excluding hydrogens is 605 g/mol. The first-order chi connectivity index (χ1) is 21.5. The van der Waals surface area contributed by atoms with E-state index in [4.69, 9.17) is 16.2 Å². The third kappa shape index (κ3) is 6.80. The van der Waals surface area contributed by atoms with Gasteiger partial charge in [0, 0.05) is 30.8 Å². The molecule has 0 fully saturated rings. The fourth-order valence-corrected chi connectivity index (χ4v) is 7.81. The smallest absolute Gasteiger partial charge is 0.315 e. The summed E-state index contributed by atoms with van der Waals surface area (Å²) in [5, 5.41) is 40.5. The van der Waals surface area contributed by atoms with Crippen LogP contribution in [0.3, 0.4) is 0 Å². The molecule has 0 aliphatic heterocycles. The van der Waals surface area contributed by atoms with Crippen LogP contribution in [0.15, 0.2) is 73.1 Å². The maximum Gasteiger partial charge on any atom is 0.315 e. The van der Waals surface area contributed by atoms with Gasteiger partial charge in [-0.2, -0.15) is 10.1 Å². The van der Waals surface area contributed by atoms with Gasteiger partial charge in [0.25, 0.3) is 5.91 Å². The molecule has 1 amide bonds. The van der Waals surface area contributed by atoms with E-state index < -0.39 is 61.3 Å². The highest BCUT2D eigenvalue weighted by atomic mass is 31.2. The number of methoxy groups -OCH3 is 1. The number of carboxylic acid groups (broad SMARTS) is 2. The summed E-state index contributed by atoms with van der Waals surface area (Å²) in [5.41, 5.74) is 8.98. The standard InChI is InChI=1S/C29H30N7O8P/c1-44-18-8-4-16(5-9-18)24(34-26(37)20-15-32-25(35-27(20)38)21-3-2-12-33-36-21)17-6-10-19(11-7-17)45(43,22(13-30)28(39)40)23(14-31)29(41)42/h2-12,15,22-24H,13-14,30-31H2,1H3,(H,34,37)(H,39,40)(H,41,42)(H,32,35,38). The number of carbonyl (C=O) groups excluding carboxylic acids is 1. The van der Waals surface area contributed by atoms with Crippen LogP contribution in [0.5, 0.6) is 11.6 Å². The summed E-state index contributed by atoms with van der Waals surface area (Å²) in [6, 6.07) is 14.7. The van der Waals surface area contributed by atoms with E-state index in [1.54, 1.807) is 36.4 Å². The predicted molar refractivity (Wildman–Crippen MR) is 162 cm³/mol. The molecule has 0 spiro atoms. The summed E-state index contributed by atoms with van der Waals surface area (Å²) in [4.78, 5) is 45.5. The van der Waals surface area contributed by atoms with Gasteiger partial charge in [-0.25, -0.2) is 4.98 Å². The molecule has 16 heteroatoms. The van der Waals surface area contributed by atoms with Crippen LogP contribution in [-0.2, 0) is 14.2 Å². The molecule has 2 heterocycles. The van der Waals surface area contributed by atoms with Crippen molar-refractivity contribution in [2.45, 2.75) is 17.4 Å². The molecule has 2 aromatic carbocycles. The highest BCUT2D eigenvalue weighted by Gasteiger charge is 2.48. The van der Waals surface area contributed by atoms with Gasteiger partial charge in [-0.05, 0) is 35.4 Å². The summed E-state index contributed by atoms with van der Waals surface area (Å²) in [5.74, 6) is -3.76. The monoisotopic (exact) mass is 635 g/mol. The Kier molecular flexibility index (Phi) is 10.2. The molecule has 0 saturated carbocycles. The summed E-state index contributed by atoms with van der Waals surface area (Å²) >= 11 is 0. The minimum atomic E-state index is -4.26. The molecule has 3 unspecified atom stereocenters. The Labute approximate surface area is 256 Å². The van der Waals surface area contributed by atoms with Crippen molar-refractivity contribution in [1.82, 2.24) is 25.5 Å². The normalized spacial score (nSPS) is 14.4. The fraction of sp³-hybridized carbons (Fsp3) is 0.207. The average molecular weight is 636 g/mol. The van der Waals surface area contributed by atoms with Crippen molar-refractivity contribution in [2.75, 3.05) is 20.2 Å². The summed E-state index contributed by atoms with van der Waals surface area (Å²) in [7, 11) is -2.76. The van der Waals surface area contributed by atoms with E-state index >= 15 is 0 Å². The van der Waals surface area contributed by atoms with Crippen LogP contribution in [0.4, 0.5) is 0 Å². The number of amides is 1. The highest BCUT2D eigenvalue weighted by Crippen LogP contribution is 2.54. The van der Waals surface area contributed by atoms with Crippen LogP contribution in [-0.4, -0.2) is 84.8 Å². The number of rotatable bonds is 13. The molecule has 0 radical (unpaired) electrons. The third-order valence-electron chi connectivity index (χ3n) is 7.11. The lowest BCUT2D eigenvalue weighted by molar-refractivity contribution is -0.136. The second-order valence-electron chi connectivity index (χ2n) is 9.70. The minimum absolute atomic E-state index is 0.0487. The Morgan fingerprint density at radius 2 is 1.51 bits per heavy atom. The average Bonchev–Trinajstić information content (AvgIpc) is 3.04. The Bertz CT molecular complexity index is 1700. The third-order valence-corrected chi connectivity index (χ3v) is 10.9. The largest absolute Gasteiger partial charge is 0.497 e. The molecule has 0 aliphatic carbocycles. The first-order valence-corrected chi connectivity index (χ1v) is 15.2. The van der Waals surface area contributed by atoms with Crippen LogP contribution in [0.2, 0.25) is 0 Å². The number of aromatic hydroxyl groups is 1. The lowest BCUT2D eigenvalue weighted by Crippen LogP contribution is -2.42. The molecule has 0 saturated heterocycles. The molecule has 45 heavy (non-hydrogen) atoms. The minimum Gasteiger partial charge on any atom is -0.497 e. The van der Waals surface area contributed by atoms with Crippen LogP contribution < -0.4 is 26.8 Å². The highest BCUT2D eigenvalue weighted by molar-refractivity contribution is 7.74. The molecule has 4 rings (SSSR count). The number of hydrogen-bond donors (Lipinski definition) is 6. The van der Waals surface area contributed by atoms with Crippen molar-refractivity contribution in [2.24, 2.45) is 11.5 Å². The molecule has 8 N–H and O–H groups in total. The Morgan fingerprint density at radius 1 is 0.933 bits per heavy atom. The maximum absolute atomic E-state index is 14.3. The Hall–Kier alpha value is -5.24. The van der Waals surface area contributed by atoms with E-state index in [2.05, 4.69) is 25.5 Å². The summed E-state index contributed by atoms with van der Waals surface area (Å²) in [6.45, 7) is -1.16.